The average Bonchev–Trinajstić information content (AvgIpc) is 3.25. The average molecular weight is 460 g/mol. The number of aromatic amines is 1. The molecule has 0 spiro atoms. The van der Waals surface area contributed by atoms with Gasteiger partial charge < -0.3 is 5.32 Å². The summed E-state index contributed by atoms with van der Waals surface area (Å²) >= 11 is 0. The van der Waals surface area contributed by atoms with E-state index < -0.39 is 21.7 Å². The SMILES string of the molecule is CCN(CC)S(=O)(=O)c1ccc(F)c(C(=O)Nc2ccccc2-c2n[nH]c(C(C)C)n2)c1. The molecule has 0 atom stereocenters. The van der Waals surface area contributed by atoms with E-state index in [2.05, 4.69) is 20.5 Å². The van der Waals surface area contributed by atoms with E-state index in [4.69, 9.17) is 0 Å². The Morgan fingerprint density at radius 3 is 2.47 bits per heavy atom. The first kappa shape index (κ1) is 23.6. The van der Waals surface area contributed by atoms with Crippen LogP contribution in [0.3, 0.4) is 0 Å². The van der Waals surface area contributed by atoms with E-state index in [9.17, 15) is 17.6 Å². The van der Waals surface area contributed by atoms with Gasteiger partial charge in [-0.1, -0.05) is 39.8 Å². The summed E-state index contributed by atoms with van der Waals surface area (Å²) in [6.45, 7) is 7.89. The number of hydrogen-bond donors (Lipinski definition) is 2. The lowest BCUT2D eigenvalue weighted by Crippen LogP contribution is -2.31. The summed E-state index contributed by atoms with van der Waals surface area (Å²) in [7, 11) is -3.84. The number of sulfonamides is 1. The van der Waals surface area contributed by atoms with Crippen LogP contribution in [0.5, 0.6) is 0 Å². The van der Waals surface area contributed by atoms with Gasteiger partial charge in [0.25, 0.3) is 5.91 Å². The van der Waals surface area contributed by atoms with E-state index in [1.165, 1.54) is 4.31 Å². The maximum absolute atomic E-state index is 14.5. The van der Waals surface area contributed by atoms with Crippen molar-refractivity contribution < 1.29 is 17.6 Å². The van der Waals surface area contributed by atoms with E-state index in [-0.39, 0.29) is 29.5 Å². The molecule has 10 heteroatoms. The number of amides is 1. The number of anilines is 1. The van der Waals surface area contributed by atoms with Gasteiger partial charge in [0.1, 0.15) is 11.6 Å². The first-order chi connectivity index (χ1) is 15.2. The van der Waals surface area contributed by atoms with Crippen LogP contribution in [0.15, 0.2) is 47.4 Å². The molecule has 170 valence electrons. The Hall–Kier alpha value is -3.11. The van der Waals surface area contributed by atoms with E-state index >= 15 is 0 Å². The van der Waals surface area contributed by atoms with Crippen LogP contribution in [0.2, 0.25) is 0 Å². The predicted octanol–water partition coefficient (Wildman–Crippen LogP) is 4.02. The van der Waals surface area contributed by atoms with E-state index in [0.29, 0.717) is 22.9 Å². The highest BCUT2D eigenvalue weighted by Crippen LogP contribution is 2.27. The molecule has 1 amide bonds. The van der Waals surface area contributed by atoms with Crippen LogP contribution < -0.4 is 5.32 Å². The Bertz CT molecular complexity index is 1220. The van der Waals surface area contributed by atoms with Gasteiger partial charge in [-0.2, -0.15) is 9.40 Å². The number of carbonyl (C=O) groups excluding carboxylic acids is 1. The second-order valence-corrected chi connectivity index (χ2v) is 9.37. The molecular formula is C22H26FN5O3S. The Balaban J connectivity index is 1.95. The fraction of sp³-hybridized carbons (Fsp3) is 0.318. The Morgan fingerprint density at radius 2 is 1.84 bits per heavy atom. The fourth-order valence-electron chi connectivity index (χ4n) is 3.18. The van der Waals surface area contributed by atoms with Gasteiger partial charge in [0.2, 0.25) is 10.0 Å². The quantitative estimate of drug-likeness (QED) is 0.529. The van der Waals surface area contributed by atoms with Crippen molar-refractivity contribution in [1.82, 2.24) is 19.5 Å². The third-order valence-electron chi connectivity index (χ3n) is 4.99. The molecule has 0 radical (unpaired) electrons. The molecule has 2 N–H and O–H groups in total. The molecule has 1 heterocycles. The molecule has 0 saturated heterocycles. The first-order valence-corrected chi connectivity index (χ1v) is 11.8. The summed E-state index contributed by atoms with van der Waals surface area (Å²) in [5.74, 6) is -0.364. The Labute approximate surface area is 186 Å². The molecule has 32 heavy (non-hydrogen) atoms. The monoisotopic (exact) mass is 459 g/mol. The van der Waals surface area contributed by atoms with Crippen molar-refractivity contribution in [3.8, 4) is 11.4 Å². The molecule has 2 aromatic carbocycles. The summed E-state index contributed by atoms with van der Waals surface area (Å²) in [5.41, 5.74) is 0.561. The molecule has 0 saturated carbocycles. The maximum Gasteiger partial charge on any atom is 0.258 e. The summed E-state index contributed by atoms with van der Waals surface area (Å²) < 4.78 is 41.3. The van der Waals surface area contributed by atoms with Gasteiger partial charge in [0, 0.05) is 24.6 Å². The predicted molar refractivity (Wildman–Crippen MR) is 120 cm³/mol. The molecule has 3 aromatic rings. The van der Waals surface area contributed by atoms with Crippen molar-refractivity contribution in [2.75, 3.05) is 18.4 Å². The van der Waals surface area contributed by atoms with E-state index in [0.717, 1.165) is 18.2 Å². The van der Waals surface area contributed by atoms with Crippen molar-refractivity contribution in [3.63, 3.8) is 0 Å². The lowest BCUT2D eigenvalue weighted by Gasteiger charge is -2.19. The van der Waals surface area contributed by atoms with Crippen molar-refractivity contribution in [2.45, 2.75) is 38.5 Å². The smallest absolute Gasteiger partial charge is 0.258 e. The lowest BCUT2D eigenvalue weighted by molar-refractivity contribution is 0.102. The molecule has 8 nitrogen and oxygen atoms in total. The number of H-pyrrole nitrogens is 1. The normalized spacial score (nSPS) is 11.8. The summed E-state index contributed by atoms with van der Waals surface area (Å²) in [6.07, 6.45) is 0. The van der Waals surface area contributed by atoms with Gasteiger partial charge in [-0.05, 0) is 30.3 Å². The van der Waals surface area contributed by atoms with Gasteiger partial charge in [-0.15, -0.1) is 0 Å². The third-order valence-corrected chi connectivity index (χ3v) is 7.04. The minimum absolute atomic E-state index is 0.141. The second kappa shape index (κ2) is 9.58. The fourth-order valence-corrected chi connectivity index (χ4v) is 4.67. The van der Waals surface area contributed by atoms with Crippen LogP contribution in [-0.2, 0) is 10.0 Å². The largest absolute Gasteiger partial charge is 0.321 e. The number of benzene rings is 2. The van der Waals surface area contributed by atoms with Crippen molar-refractivity contribution >= 4 is 21.6 Å². The van der Waals surface area contributed by atoms with Gasteiger partial charge >= 0.3 is 0 Å². The zero-order chi connectivity index (χ0) is 23.5. The maximum atomic E-state index is 14.5. The topological polar surface area (TPSA) is 108 Å². The van der Waals surface area contributed by atoms with Crippen molar-refractivity contribution in [1.29, 1.82) is 0 Å². The number of carbonyl (C=O) groups is 1. The highest BCUT2D eigenvalue weighted by molar-refractivity contribution is 7.89. The Kier molecular flexibility index (Phi) is 7.05. The van der Waals surface area contributed by atoms with Crippen LogP contribution >= 0.6 is 0 Å². The van der Waals surface area contributed by atoms with Crippen molar-refractivity contribution in [2.24, 2.45) is 0 Å². The van der Waals surface area contributed by atoms with Crippen LogP contribution in [0, 0.1) is 5.82 Å². The molecule has 0 fully saturated rings. The molecule has 0 bridgehead atoms. The van der Waals surface area contributed by atoms with E-state index in [1.54, 1.807) is 38.1 Å². The molecule has 0 aliphatic heterocycles. The molecule has 0 aliphatic carbocycles. The minimum atomic E-state index is -3.84. The van der Waals surface area contributed by atoms with Gasteiger partial charge in [0.15, 0.2) is 5.82 Å². The number of nitrogens with zero attached hydrogens (tertiary/aromatic N) is 3. The molecule has 0 unspecified atom stereocenters. The highest BCUT2D eigenvalue weighted by atomic mass is 32.2. The summed E-state index contributed by atoms with van der Waals surface area (Å²) in [5, 5.41) is 9.73. The Morgan fingerprint density at radius 1 is 1.16 bits per heavy atom. The standard InChI is InChI=1S/C22H26FN5O3S/c1-5-28(6-2)32(30,31)15-11-12-18(23)17(13-15)22(29)24-19-10-8-7-9-16(19)21-25-20(14(3)4)26-27-21/h7-14H,5-6H2,1-4H3,(H,24,29)(H,25,26,27). The zero-order valence-corrected chi connectivity index (χ0v) is 19.2. The minimum Gasteiger partial charge on any atom is -0.321 e. The van der Waals surface area contributed by atoms with Gasteiger partial charge in [0.05, 0.1) is 16.1 Å². The van der Waals surface area contributed by atoms with Crippen LogP contribution in [0.25, 0.3) is 11.4 Å². The molecular weight excluding hydrogens is 433 g/mol. The summed E-state index contributed by atoms with van der Waals surface area (Å²) in [4.78, 5) is 17.2. The number of halogens is 1. The first-order valence-electron chi connectivity index (χ1n) is 10.3. The molecule has 3 rings (SSSR count). The van der Waals surface area contributed by atoms with Crippen LogP contribution in [0.4, 0.5) is 10.1 Å². The van der Waals surface area contributed by atoms with E-state index in [1.807, 2.05) is 13.8 Å². The zero-order valence-electron chi connectivity index (χ0n) is 18.4. The molecule has 0 aliphatic rings. The number of rotatable bonds is 8. The summed E-state index contributed by atoms with van der Waals surface area (Å²) in [6, 6.07) is 10.1. The van der Waals surface area contributed by atoms with Crippen molar-refractivity contribution in [3.05, 3.63) is 59.7 Å². The highest BCUT2D eigenvalue weighted by Gasteiger charge is 2.25. The third kappa shape index (κ3) is 4.71. The van der Waals surface area contributed by atoms with Gasteiger partial charge in [-0.3, -0.25) is 9.89 Å². The molecule has 1 aromatic heterocycles. The number of hydrogen-bond acceptors (Lipinski definition) is 5. The van der Waals surface area contributed by atoms with Crippen LogP contribution in [0.1, 0.15) is 49.8 Å². The van der Waals surface area contributed by atoms with Crippen LogP contribution in [-0.4, -0.2) is 46.9 Å². The van der Waals surface area contributed by atoms with Gasteiger partial charge in [-0.25, -0.2) is 17.8 Å². The second-order valence-electron chi connectivity index (χ2n) is 7.43. The number of nitrogens with one attached hydrogen (secondary N) is 2. The lowest BCUT2D eigenvalue weighted by atomic mass is 10.1. The number of para-hydroxylation sites is 1. The number of aromatic nitrogens is 3.